The number of hydrogen-bond acceptors (Lipinski definition) is 16. The number of carboxylic acid groups (broad SMARTS) is 4. The third-order valence-corrected chi connectivity index (χ3v) is 12.2. The van der Waals surface area contributed by atoms with Gasteiger partial charge in [0.1, 0.15) is 45.7 Å². The van der Waals surface area contributed by atoms with Crippen molar-refractivity contribution in [2.75, 3.05) is 0 Å². The summed E-state index contributed by atoms with van der Waals surface area (Å²) >= 11 is 0. The van der Waals surface area contributed by atoms with Crippen LogP contribution in [0.2, 0.25) is 0 Å². The number of hydrogen-bond donors (Lipinski definition) is 8. The molecule has 0 atom stereocenters. The first-order valence-corrected chi connectivity index (χ1v) is 23.0. The number of fused-ring (bicyclic) bond motifs is 8. The fraction of sp³-hybridized carbons (Fsp3) is 0.0714. The lowest BCUT2D eigenvalue weighted by atomic mass is 9.90. The van der Waals surface area contributed by atoms with Crippen LogP contribution in [0.1, 0.15) is 85.9 Å². The van der Waals surface area contributed by atoms with E-state index in [4.69, 9.17) is 0 Å². The van der Waals surface area contributed by atoms with E-state index in [0.717, 1.165) is 0 Å². The van der Waals surface area contributed by atoms with Crippen LogP contribution in [0.3, 0.4) is 0 Å². The van der Waals surface area contributed by atoms with Crippen molar-refractivity contribution < 1.29 is 60.0 Å². The summed E-state index contributed by atoms with van der Waals surface area (Å²) in [5.41, 5.74) is 1.33. The lowest BCUT2D eigenvalue weighted by Crippen LogP contribution is -2.01. The third kappa shape index (κ3) is 11.0. The molecule has 0 amide bonds. The van der Waals surface area contributed by atoms with Crippen LogP contribution in [0.4, 0.5) is 45.5 Å². The minimum atomic E-state index is -1.25. The molecule has 0 saturated carbocycles. The summed E-state index contributed by atoms with van der Waals surface area (Å²) < 4.78 is 0. The topological polar surface area (TPSA) is 329 Å². The van der Waals surface area contributed by atoms with E-state index in [1.165, 1.54) is 121 Å². The van der Waals surface area contributed by atoms with Gasteiger partial charge >= 0.3 is 23.9 Å². The van der Waals surface area contributed by atoms with Gasteiger partial charge in [0.2, 0.25) is 0 Å². The average molecular weight is 1020 g/mol. The monoisotopic (exact) mass is 1020 g/mol. The van der Waals surface area contributed by atoms with Crippen molar-refractivity contribution >= 4 is 69.4 Å². The first-order chi connectivity index (χ1) is 36.6. The predicted octanol–water partition coefficient (Wildman–Crippen LogP) is 13.6. The summed E-state index contributed by atoms with van der Waals surface area (Å²) in [6.07, 6.45) is -0.981. The normalized spacial score (nSPS) is 12.4. The van der Waals surface area contributed by atoms with Crippen LogP contribution in [-0.2, 0) is 25.7 Å². The van der Waals surface area contributed by atoms with Gasteiger partial charge in [-0.3, -0.25) is 0 Å². The third-order valence-electron chi connectivity index (χ3n) is 12.2. The molecule has 76 heavy (non-hydrogen) atoms. The zero-order valence-electron chi connectivity index (χ0n) is 39.5. The van der Waals surface area contributed by atoms with Crippen LogP contribution in [0.15, 0.2) is 187 Å². The van der Waals surface area contributed by atoms with Gasteiger partial charge in [-0.2, -0.15) is 20.5 Å². The number of aromatic hydroxyl groups is 4. The number of rotatable bonds is 12. The zero-order valence-corrected chi connectivity index (χ0v) is 39.5. The van der Waals surface area contributed by atoms with Crippen LogP contribution in [0.25, 0.3) is 0 Å². The van der Waals surface area contributed by atoms with Gasteiger partial charge in [0.25, 0.3) is 0 Å². The lowest BCUT2D eigenvalue weighted by molar-refractivity contribution is 0.0687. The number of nitrogens with zero attached hydrogens (tertiary/aromatic N) is 8. The predicted molar refractivity (Wildman–Crippen MR) is 274 cm³/mol. The number of phenolic OH excluding ortho intramolecular Hbond substituents is 4. The van der Waals surface area contributed by atoms with Gasteiger partial charge in [-0.1, -0.05) is 48.5 Å². The lowest BCUT2D eigenvalue weighted by Gasteiger charge is -2.18. The van der Waals surface area contributed by atoms with Gasteiger partial charge in [-0.05, 0) is 97.1 Å². The summed E-state index contributed by atoms with van der Waals surface area (Å²) in [5.74, 6) is -6.20. The molecule has 376 valence electrons. The number of azo groups is 4. The molecule has 0 spiro atoms. The summed E-state index contributed by atoms with van der Waals surface area (Å²) in [4.78, 5) is 48.4. The molecule has 0 heterocycles. The SMILES string of the molecule is O=C(O)c1ccccc1N=Nc1cc2c(O)c(c1)Cc1cc(N=Nc3ccccc3C(=O)O)cc(c1O)Cc1cc(N=Nc3ccccc3C(=O)O)cc(c1O)Cc1cc(N=Nc3ccccc3C(=O)O)cc(c1O)C2. The number of phenols is 4. The summed E-state index contributed by atoms with van der Waals surface area (Å²) in [5, 5.41) is 123. The minimum absolute atomic E-state index is 0.0245. The molecule has 0 aromatic heterocycles. The van der Waals surface area contributed by atoms with Crippen molar-refractivity contribution in [3.8, 4) is 23.0 Å². The molecule has 8 N–H and O–H groups in total. The van der Waals surface area contributed by atoms with Crippen LogP contribution in [0.5, 0.6) is 23.0 Å². The highest BCUT2D eigenvalue weighted by molar-refractivity contribution is 5.95. The van der Waals surface area contributed by atoms with Crippen molar-refractivity contribution in [3.05, 3.63) is 212 Å². The molecule has 0 unspecified atom stereocenters. The van der Waals surface area contributed by atoms with Crippen molar-refractivity contribution in [3.63, 3.8) is 0 Å². The Morgan fingerprint density at radius 3 is 0.618 bits per heavy atom. The second-order valence-electron chi connectivity index (χ2n) is 17.2. The molecule has 1 aliphatic rings. The molecular formula is C56H40N8O12. The van der Waals surface area contributed by atoms with Crippen LogP contribution in [0, 0.1) is 0 Å². The molecular weight excluding hydrogens is 977 g/mol. The zero-order chi connectivity index (χ0) is 53.6. The Balaban J connectivity index is 1.27. The number of aromatic carboxylic acids is 4. The molecule has 0 fully saturated rings. The largest absolute Gasteiger partial charge is 0.507 e. The fourth-order valence-corrected chi connectivity index (χ4v) is 8.51. The molecule has 9 rings (SSSR count). The Hall–Kier alpha value is -10.8. The maximum absolute atomic E-state index is 12.2. The summed E-state index contributed by atoms with van der Waals surface area (Å²) in [7, 11) is 0. The minimum Gasteiger partial charge on any atom is -0.507 e. The van der Waals surface area contributed by atoms with Crippen LogP contribution < -0.4 is 0 Å². The highest BCUT2D eigenvalue weighted by atomic mass is 16.4. The second-order valence-corrected chi connectivity index (χ2v) is 17.2. The van der Waals surface area contributed by atoms with Crippen molar-refractivity contribution in [1.82, 2.24) is 0 Å². The van der Waals surface area contributed by atoms with Crippen LogP contribution >= 0.6 is 0 Å². The number of carbonyl (C=O) groups is 4. The standard InChI is InChI=1S/C56H40N8O12/c65-49-29-17-31-23-38(58-62-46-14-6-2-10-42(46)54(71)72)25-33(50(31)66)19-35-27-40(60-64-48-16-8-4-12-44(48)56(75)76)28-36(52(35)68)20-34-26-39(59-63-47-15-7-3-11-43(47)55(73)74)24-32(51(34)67)18-30(49)22-37(21-29)57-61-45-13-5-1-9-41(45)53(69)70/h1-16,21-28,65-68H,17-20H2,(H,69,70)(H,71,72)(H,73,74)(H,75,76). The van der Waals surface area contributed by atoms with E-state index in [9.17, 15) is 60.0 Å². The number of benzene rings is 8. The molecule has 8 bridgehead atoms. The van der Waals surface area contributed by atoms with E-state index < -0.39 is 23.9 Å². The molecule has 20 nitrogen and oxygen atoms in total. The Bertz CT molecular complexity index is 3230. The highest BCUT2D eigenvalue weighted by Gasteiger charge is 2.23. The first kappa shape index (κ1) is 50.2. The second kappa shape index (κ2) is 21.5. The maximum atomic E-state index is 12.2. The van der Waals surface area contributed by atoms with E-state index in [1.54, 1.807) is 24.3 Å². The van der Waals surface area contributed by atoms with Gasteiger partial charge in [-0.25, -0.2) is 19.2 Å². The molecule has 0 radical (unpaired) electrons. The van der Waals surface area contributed by atoms with E-state index in [2.05, 4.69) is 40.9 Å². The molecule has 0 aliphatic heterocycles. The Labute approximate surface area is 430 Å². The van der Waals surface area contributed by atoms with Crippen molar-refractivity contribution in [2.24, 2.45) is 40.9 Å². The Morgan fingerprint density at radius 1 is 0.276 bits per heavy atom. The Kier molecular flexibility index (Phi) is 14.2. The van der Waals surface area contributed by atoms with E-state index in [1.807, 2.05) is 0 Å². The van der Waals surface area contributed by atoms with Gasteiger partial charge in [0, 0.05) is 70.2 Å². The fourth-order valence-electron chi connectivity index (χ4n) is 8.51. The first-order valence-electron chi connectivity index (χ1n) is 23.0. The van der Waals surface area contributed by atoms with Gasteiger partial charge in [-0.15, -0.1) is 20.5 Å². The van der Waals surface area contributed by atoms with Gasteiger partial charge in [0.15, 0.2) is 0 Å². The molecule has 1 aliphatic carbocycles. The van der Waals surface area contributed by atoms with E-state index >= 15 is 0 Å². The number of carboxylic acids is 4. The smallest absolute Gasteiger partial charge is 0.337 e. The molecule has 20 heteroatoms. The van der Waals surface area contributed by atoms with Crippen molar-refractivity contribution in [1.29, 1.82) is 0 Å². The van der Waals surface area contributed by atoms with Gasteiger partial charge in [0.05, 0.1) is 45.0 Å². The Morgan fingerprint density at radius 2 is 0.447 bits per heavy atom. The maximum Gasteiger partial charge on any atom is 0.337 e. The quantitative estimate of drug-likeness (QED) is 0.0530. The molecule has 8 aromatic carbocycles. The molecule has 0 saturated heterocycles. The summed E-state index contributed by atoms with van der Waals surface area (Å²) in [6.45, 7) is 0. The highest BCUT2D eigenvalue weighted by Crippen LogP contribution is 2.43. The van der Waals surface area contributed by atoms with Gasteiger partial charge < -0.3 is 40.9 Å². The van der Waals surface area contributed by atoms with Crippen LogP contribution in [-0.4, -0.2) is 64.7 Å². The average Bonchev–Trinajstić information content (AvgIpc) is 3.42. The van der Waals surface area contributed by atoms with E-state index in [0.29, 0.717) is 0 Å². The van der Waals surface area contributed by atoms with Crippen molar-refractivity contribution in [2.45, 2.75) is 25.7 Å². The molecule has 8 aromatic rings. The summed E-state index contributed by atoms with van der Waals surface area (Å²) in [6, 6.07) is 35.5. The van der Waals surface area contributed by atoms with E-state index in [-0.39, 0.29) is 161 Å².